The van der Waals surface area contributed by atoms with Gasteiger partial charge in [0.25, 0.3) is 0 Å². The summed E-state index contributed by atoms with van der Waals surface area (Å²) in [5.74, 6) is 1.36. The van der Waals surface area contributed by atoms with E-state index in [1.807, 2.05) is 18.2 Å². The molecule has 36 heavy (non-hydrogen) atoms. The van der Waals surface area contributed by atoms with Gasteiger partial charge in [-0.15, -0.1) is 0 Å². The first-order valence-electron chi connectivity index (χ1n) is 11.2. The normalized spacial score (nSPS) is 22.0. The zero-order chi connectivity index (χ0) is 25.2. The molecule has 1 aliphatic heterocycles. The standard InChI is InChI=1S/C23H25N9O4/c1-31-22(28-12-33)17(34)18(35)23(31)32-11-27-16-20(26-9-14-5-3-4-6-25-14)29-19(30-21(16)32)13-7-15(36-2)10-24-8-13/h3-8,10-12,17-18,22-23,34-35H,9H2,1-2H3,(H,28,33)(H,26,29,30)/t17-,18+,22-,23-/m0/s1. The molecule has 0 aliphatic carbocycles. The van der Waals surface area contributed by atoms with E-state index in [9.17, 15) is 15.0 Å². The van der Waals surface area contributed by atoms with Gasteiger partial charge in [-0.05, 0) is 25.2 Å². The summed E-state index contributed by atoms with van der Waals surface area (Å²) in [5.41, 5.74) is 2.31. The van der Waals surface area contributed by atoms with Crippen LogP contribution >= 0.6 is 0 Å². The second kappa shape index (κ2) is 9.81. The van der Waals surface area contributed by atoms with Crippen molar-refractivity contribution in [3.63, 3.8) is 0 Å². The number of imidazole rings is 1. The molecule has 13 nitrogen and oxygen atoms in total. The summed E-state index contributed by atoms with van der Waals surface area (Å²) in [5, 5.41) is 27.2. The SMILES string of the molecule is COc1cncc(-c2nc(NCc3ccccn3)c3ncn([C@H]4[C@H](O)[C@H](O)[C@@H](NC=O)N4C)c3n2)c1. The van der Waals surface area contributed by atoms with Crippen molar-refractivity contribution in [1.82, 2.24) is 39.7 Å². The molecule has 5 rings (SSSR count). The average molecular weight is 492 g/mol. The summed E-state index contributed by atoms with van der Waals surface area (Å²) in [6.07, 6.45) is 2.96. The number of aliphatic hydroxyl groups excluding tert-OH is 2. The van der Waals surface area contributed by atoms with E-state index in [0.717, 1.165) is 5.69 Å². The van der Waals surface area contributed by atoms with Crippen LogP contribution in [0.5, 0.6) is 5.75 Å². The number of fused-ring (bicyclic) bond motifs is 1. The van der Waals surface area contributed by atoms with Crippen LogP contribution in [0.15, 0.2) is 49.2 Å². The maximum atomic E-state index is 11.1. The number of carbonyl (C=O) groups excluding carboxylic acids is 1. The quantitative estimate of drug-likeness (QED) is 0.248. The molecule has 1 fully saturated rings. The van der Waals surface area contributed by atoms with Crippen molar-refractivity contribution >= 4 is 23.4 Å². The Kier molecular flexibility index (Phi) is 6.41. The molecule has 0 saturated carbocycles. The third kappa shape index (κ3) is 4.19. The second-order valence-corrected chi connectivity index (χ2v) is 8.30. The van der Waals surface area contributed by atoms with Gasteiger partial charge in [0.1, 0.15) is 30.3 Å². The number of hydrogen-bond donors (Lipinski definition) is 4. The van der Waals surface area contributed by atoms with Crippen molar-refractivity contribution in [3.05, 3.63) is 54.9 Å². The van der Waals surface area contributed by atoms with Gasteiger partial charge in [-0.2, -0.15) is 0 Å². The number of hydrogen-bond acceptors (Lipinski definition) is 11. The van der Waals surface area contributed by atoms with E-state index in [0.29, 0.717) is 47.1 Å². The second-order valence-electron chi connectivity index (χ2n) is 8.30. The van der Waals surface area contributed by atoms with Gasteiger partial charge >= 0.3 is 0 Å². The van der Waals surface area contributed by atoms with Crippen LogP contribution in [-0.2, 0) is 11.3 Å². The molecule has 0 spiro atoms. The number of methoxy groups -OCH3 is 1. The number of amides is 1. The summed E-state index contributed by atoms with van der Waals surface area (Å²) in [4.78, 5) is 35.2. The van der Waals surface area contributed by atoms with Crippen LogP contribution in [0.3, 0.4) is 0 Å². The highest BCUT2D eigenvalue weighted by atomic mass is 16.5. The predicted octanol–water partition coefficient (Wildman–Crippen LogP) is 0.142. The lowest BCUT2D eigenvalue weighted by atomic mass is 10.2. The molecule has 5 heterocycles. The Balaban J connectivity index is 1.61. The maximum Gasteiger partial charge on any atom is 0.208 e. The van der Waals surface area contributed by atoms with E-state index in [1.54, 1.807) is 48.3 Å². The molecule has 13 heteroatoms. The molecule has 1 aliphatic rings. The summed E-state index contributed by atoms with van der Waals surface area (Å²) >= 11 is 0. The maximum absolute atomic E-state index is 11.1. The van der Waals surface area contributed by atoms with Crippen LogP contribution in [0.4, 0.5) is 5.82 Å². The molecule has 4 aromatic heterocycles. The van der Waals surface area contributed by atoms with Crippen molar-refractivity contribution in [2.45, 2.75) is 31.1 Å². The molecule has 186 valence electrons. The molecule has 0 bridgehead atoms. The van der Waals surface area contributed by atoms with Gasteiger partial charge in [0.15, 0.2) is 22.8 Å². The lowest BCUT2D eigenvalue weighted by Gasteiger charge is -2.26. The minimum atomic E-state index is -1.22. The van der Waals surface area contributed by atoms with Gasteiger partial charge in [-0.25, -0.2) is 15.0 Å². The first-order chi connectivity index (χ1) is 17.5. The highest BCUT2D eigenvalue weighted by Gasteiger charge is 2.47. The Morgan fingerprint density at radius 2 is 2.03 bits per heavy atom. The highest BCUT2D eigenvalue weighted by Crippen LogP contribution is 2.34. The largest absolute Gasteiger partial charge is 0.495 e. The van der Waals surface area contributed by atoms with Crippen molar-refractivity contribution in [1.29, 1.82) is 0 Å². The van der Waals surface area contributed by atoms with Crippen molar-refractivity contribution in [3.8, 4) is 17.1 Å². The van der Waals surface area contributed by atoms with Gasteiger partial charge in [0, 0.05) is 18.0 Å². The Morgan fingerprint density at radius 1 is 1.17 bits per heavy atom. The third-order valence-corrected chi connectivity index (χ3v) is 6.15. The molecule has 1 amide bonds. The molecular formula is C23H25N9O4. The molecular weight excluding hydrogens is 466 g/mol. The van der Waals surface area contributed by atoms with Crippen molar-refractivity contribution < 1.29 is 19.7 Å². The van der Waals surface area contributed by atoms with E-state index in [1.165, 1.54) is 6.33 Å². The van der Waals surface area contributed by atoms with Crippen LogP contribution in [0, 0.1) is 0 Å². The number of nitrogens with one attached hydrogen (secondary N) is 2. The zero-order valence-corrected chi connectivity index (χ0v) is 19.6. The van der Waals surface area contributed by atoms with Gasteiger partial charge in [0.05, 0.1) is 31.9 Å². The third-order valence-electron chi connectivity index (χ3n) is 6.15. The predicted molar refractivity (Wildman–Crippen MR) is 128 cm³/mol. The van der Waals surface area contributed by atoms with Gasteiger partial charge in [-0.1, -0.05) is 6.07 Å². The van der Waals surface area contributed by atoms with Gasteiger partial charge < -0.3 is 25.6 Å². The summed E-state index contributed by atoms with van der Waals surface area (Å²) in [6, 6.07) is 7.39. The zero-order valence-electron chi connectivity index (χ0n) is 19.6. The molecule has 1 saturated heterocycles. The van der Waals surface area contributed by atoms with Crippen LogP contribution < -0.4 is 15.4 Å². The summed E-state index contributed by atoms with van der Waals surface area (Å²) in [6.45, 7) is 0.394. The molecule has 4 atom stereocenters. The number of carbonyl (C=O) groups is 1. The Bertz CT molecular complexity index is 1370. The number of pyridine rings is 2. The molecule has 0 unspecified atom stereocenters. The average Bonchev–Trinajstić information content (AvgIpc) is 3.42. The van der Waals surface area contributed by atoms with Crippen LogP contribution in [0.25, 0.3) is 22.6 Å². The number of aliphatic hydroxyl groups is 2. The Labute approximate surface area is 205 Å². The van der Waals surface area contributed by atoms with Crippen LogP contribution in [0.1, 0.15) is 11.9 Å². The van der Waals surface area contributed by atoms with Crippen LogP contribution in [0.2, 0.25) is 0 Å². The fraction of sp³-hybridized carbons (Fsp3) is 0.304. The number of anilines is 1. The lowest BCUT2D eigenvalue weighted by Crippen LogP contribution is -2.45. The van der Waals surface area contributed by atoms with Crippen molar-refractivity contribution in [2.24, 2.45) is 0 Å². The number of likely N-dealkylation sites (N-methyl/N-ethyl adjacent to an activating group) is 1. The number of rotatable bonds is 8. The molecule has 4 N–H and O–H groups in total. The fourth-order valence-electron chi connectivity index (χ4n) is 4.35. The van der Waals surface area contributed by atoms with Crippen LogP contribution in [-0.4, -0.2) is 83.5 Å². The Morgan fingerprint density at radius 3 is 2.78 bits per heavy atom. The van der Waals surface area contributed by atoms with Crippen molar-refractivity contribution in [2.75, 3.05) is 19.5 Å². The smallest absolute Gasteiger partial charge is 0.208 e. The van der Waals surface area contributed by atoms with Gasteiger partial charge in [0.2, 0.25) is 6.41 Å². The lowest BCUT2D eigenvalue weighted by molar-refractivity contribution is -0.112. The fourth-order valence-corrected chi connectivity index (χ4v) is 4.35. The number of ether oxygens (including phenoxy) is 1. The number of aromatic nitrogens is 6. The summed E-state index contributed by atoms with van der Waals surface area (Å²) < 4.78 is 6.95. The topological polar surface area (TPSA) is 163 Å². The molecule has 0 radical (unpaired) electrons. The minimum Gasteiger partial charge on any atom is -0.495 e. The molecule has 0 aromatic carbocycles. The van der Waals surface area contributed by atoms with E-state index >= 15 is 0 Å². The first kappa shape index (κ1) is 23.5. The van der Waals surface area contributed by atoms with E-state index < -0.39 is 24.5 Å². The monoisotopic (exact) mass is 491 g/mol. The van der Waals surface area contributed by atoms with E-state index in [2.05, 4.69) is 25.6 Å². The number of likely N-dealkylation sites (tertiary alicyclic amines) is 1. The number of nitrogens with zero attached hydrogens (tertiary/aromatic N) is 7. The van der Waals surface area contributed by atoms with E-state index in [-0.39, 0.29) is 0 Å². The summed E-state index contributed by atoms with van der Waals surface area (Å²) in [7, 11) is 3.23. The van der Waals surface area contributed by atoms with Gasteiger partial charge in [-0.3, -0.25) is 24.2 Å². The minimum absolute atomic E-state index is 0.359. The first-order valence-corrected chi connectivity index (χ1v) is 11.2. The molecule has 4 aromatic rings. The highest BCUT2D eigenvalue weighted by molar-refractivity contribution is 5.85. The Hall–Kier alpha value is -4.20. The van der Waals surface area contributed by atoms with E-state index in [4.69, 9.17) is 14.7 Å².